The summed E-state index contributed by atoms with van der Waals surface area (Å²) >= 11 is 0. The van der Waals surface area contributed by atoms with Crippen LogP contribution in [0.4, 0.5) is 0 Å². The van der Waals surface area contributed by atoms with Crippen molar-refractivity contribution in [1.29, 1.82) is 0 Å². The van der Waals surface area contributed by atoms with Gasteiger partial charge >= 0.3 is 0 Å². The summed E-state index contributed by atoms with van der Waals surface area (Å²) in [6.45, 7) is 3.29. The maximum atomic E-state index is 11.4. The van der Waals surface area contributed by atoms with E-state index in [1.54, 1.807) is 13.8 Å². The topological polar surface area (TPSA) is 52.6 Å². The lowest BCUT2D eigenvalue weighted by Gasteiger charge is -2.15. The molecule has 0 spiro atoms. The number of ketones is 2. The van der Waals surface area contributed by atoms with Crippen molar-refractivity contribution in [3.05, 3.63) is 0 Å². The Labute approximate surface area is 78.2 Å². The van der Waals surface area contributed by atoms with Crippen LogP contribution < -0.4 is 0 Å². The van der Waals surface area contributed by atoms with Gasteiger partial charge in [0.1, 0.15) is 6.10 Å². The zero-order valence-electron chi connectivity index (χ0n) is 8.49. The van der Waals surface area contributed by atoms with Crippen LogP contribution in [0.3, 0.4) is 0 Å². The van der Waals surface area contributed by atoms with Crippen LogP contribution in [0.2, 0.25) is 0 Å². The predicted molar refractivity (Wildman–Crippen MR) is 47.6 cm³/mol. The summed E-state index contributed by atoms with van der Waals surface area (Å²) < 4.78 is 9.62. The summed E-state index contributed by atoms with van der Waals surface area (Å²) in [7, 11) is 2.77. The second-order valence-corrected chi connectivity index (χ2v) is 2.72. The minimum Gasteiger partial charge on any atom is -0.374 e. The fourth-order valence-electron chi connectivity index (χ4n) is 0.921. The molecule has 0 aromatic rings. The lowest BCUT2D eigenvalue weighted by molar-refractivity contribution is -0.146. The highest BCUT2D eigenvalue weighted by Gasteiger charge is 2.28. The molecule has 0 aromatic heterocycles. The van der Waals surface area contributed by atoms with Gasteiger partial charge in [0.15, 0.2) is 17.7 Å². The Balaban J connectivity index is 4.40. The van der Waals surface area contributed by atoms with Gasteiger partial charge in [0, 0.05) is 20.6 Å². The molecule has 0 aliphatic heterocycles. The molecule has 0 saturated carbocycles. The average Bonchev–Trinajstić information content (AvgIpc) is 2.17. The van der Waals surface area contributed by atoms with E-state index < -0.39 is 12.2 Å². The molecule has 0 aliphatic carbocycles. The largest absolute Gasteiger partial charge is 0.374 e. The first-order chi connectivity index (χ1) is 6.08. The Hall–Kier alpha value is -0.740. The van der Waals surface area contributed by atoms with Crippen molar-refractivity contribution in [2.24, 2.45) is 0 Å². The fraction of sp³-hybridized carbons (Fsp3) is 0.778. The molecule has 2 unspecified atom stereocenters. The van der Waals surface area contributed by atoms with Crippen molar-refractivity contribution in [1.82, 2.24) is 0 Å². The minimum atomic E-state index is -0.972. The summed E-state index contributed by atoms with van der Waals surface area (Å²) in [5, 5.41) is 0. The van der Waals surface area contributed by atoms with E-state index in [2.05, 4.69) is 0 Å². The SMILES string of the molecule is CCC(=O)C(OC)C(=O)C(C)OC. The number of carbonyl (C=O) groups excluding carboxylic acids is 2. The molecule has 4 heteroatoms. The van der Waals surface area contributed by atoms with Crippen molar-refractivity contribution < 1.29 is 19.1 Å². The second-order valence-electron chi connectivity index (χ2n) is 2.72. The van der Waals surface area contributed by atoms with Crippen LogP contribution in [0.5, 0.6) is 0 Å². The molecule has 76 valence electrons. The average molecular weight is 188 g/mol. The lowest BCUT2D eigenvalue weighted by Crippen LogP contribution is -2.38. The van der Waals surface area contributed by atoms with Crippen LogP contribution in [0.25, 0.3) is 0 Å². The molecule has 0 N–H and O–H groups in total. The summed E-state index contributed by atoms with van der Waals surface area (Å²) in [6.07, 6.45) is -1.28. The quantitative estimate of drug-likeness (QED) is 0.572. The van der Waals surface area contributed by atoms with Gasteiger partial charge in [-0.05, 0) is 6.92 Å². The Morgan fingerprint density at radius 2 is 1.77 bits per heavy atom. The zero-order valence-corrected chi connectivity index (χ0v) is 8.49. The van der Waals surface area contributed by atoms with Crippen LogP contribution in [-0.2, 0) is 19.1 Å². The van der Waals surface area contributed by atoms with E-state index in [0.717, 1.165) is 0 Å². The van der Waals surface area contributed by atoms with E-state index in [-0.39, 0.29) is 11.6 Å². The Morgan fingerprint density at radius 3 is 2.08 bits per heavy atom. The van der Waals surface area contributed by atoms with E-state index in [0.29, 0.717) is 6.42 Å². The molecule has 2 atom stereocenters. The zero-order chi connectivity index (χ0) is 10.4. The number of methoxy groups -OCH3 is 2. The molecule has 0 heterocycles. The maximum absolute atomic E-state index is 11.4. The van der Waals surface area contributed by atoms with Gasteiger partial charge in [0.25, 0.3) is 0 Å². The predicted octanol–water partition coefficient (Wildman–Crippen LogP) is 0.584. The Bertz CT molecular complexity index is 188. The molecule has 0 rings (SSSR count). The Morgan fingerprint density at radius 1 is 1.23 bits per heavy atom. The second kappa shape index (κ2) is 5.83. The van der Waals surface area contributed by atoms with Gasteiger partial charge in [0.2, 0.25) is 0 Å². The van der Waals surface area contributed by atoms with Crippen molar-refractivity contribution >= 4 is 11.6 Å². The van der Waals surface area contributed by atoms with Crippen molar-refractivity contribution in [2.45, 2.75) is 32.5 Å². The highest BCUT2D eigenvalue weighted by atomic mass is 16.5. The van der Waals surface area contributed by atoms with Gasteiger partial charge in [-0.15, -0.1) is 0 Å². The van der Waals surface area contributed by atoms with Gasteiger partial charge in [0.05, 0.1) is 0 Å². The monoisotopic (exact) mass is 188 g/mol. The van der Waals surface area contributed by atoms with Crippen LogP contribution in [0.1, 0.15) is 20.3 Å². The maximum Gasteiger partial charge on any atom is 0.197 e. The number of hydrogen-bond donors (Lipinski definition) is 0. The van der Waals surface area contributed by atoms with E-state index in [4.69, 9.17) is 9.47 Å². The first kappa shape index (κ1) is 12.3. The summed E-state index contributed by atoms with van der Waals surface area (Å²) in [4.78, 5) is 22.6. The van der Waals surface area contributed by atoms with Crippen LogP contribution in [-0.4, -0.2) is 38.0 Å². The van der Waals surface area contributed by atoms with Crippen LogP contribution >= 0.6 is 0 Å². The lowest BCUT2D eigenvalue weighted by atomic mass is 10.1. The number of hydrogen-bond acceptors (Lipinski definition) is 4. The van der Waals surface area contributed by atoms with Crippen molar-refractivity contribution in [3.8, 4) is 0 Å². The van der Waals surface area contributed by atoms with Gasteiger partial charge in [-0.1, -0.05) is 6.92 Å². The molecular weight excluding hydrogens is 172 g/mol. The molecule has 13 heavy (non-hydrogen) atoms. The molecular formula is C9H16O4. The van der Waals surface area contributed by atoms with E-state index >= 15 is 0 Å². The summed E-state index contributed by atoms with van der Waals surface area (Å²) in [5.41, 5.74) is 0. The first-order valence-corrected chi connectivity index (χ1v) is 4.20. The van der Waals surface area contributed by atoms with Gasteiger partial charge < -0.3 is 9.47 Å². The smallest absolute Gasteiger partial charge is 0.197 e. The van der Waals surface area contributed by atoms with E-state index in [9.17, 15) is 9.59 Å². The molecule has 0 radical (unpaired) electrons. The minimum absolute atomic E-state index is 0.212. The van der Waals surface area contributed by atoms with Crippen molar-refractivity contribution in [2.75, 3.05) is 14.2 Å². The van der Waals surface area contributed by atoms with E-state index in [1.165, 1.54) is 14.2 Å². The number of Topliss-reactive ketones (excluding diaryl/α,β-unsaturated/α-hetero) is 2. The number of rotatable bonds is 6. The highest BCUT2D eigenvalue weighted by Crippen LogP contribution is 2.03. The molecule has 0 fully saturated rings. The highest BCUT2D eigenvalue weighted by molar-refractivity contribution is 6.06. The van der Waals surface area contributed by atoms with Gasteiger partial charge in [-0.2, -0.15) is 0 Å². The third kappa shape index (κ3) is 3.24. The summed E-state index contributed by atoms with van der Waals surface area (Å²) in [6, 6.07) is 0. The summed E-state index contributed by atoms with van der Waals surface area (Å²) in [5.74, 6) is -0.534. The fourth-order valence-corrected chi connectivity index (χ4v) is 0.921. The Kier molecular flexibility index (Phi) is 5.50. The van der Waals surface area contributed by atoms with Gasteiger partial charge in [-0.3, -0.25) is 9.59 Å². The molecule has 0 saturated heterocycles. The van der Waals surface area contributed by atoms with E-state index in [1.807, 2.05) is 0 Å². The molecule has 0 aliphatic rings. The molecule has 4 nitrogen and oxygen atoms in total. The van der Waals surface area contributed by atoms with Gasteiger partial charge in [-0.25, -0.2) is 0 Å². The third-order valence-electron chi connectivity index (χ3n) is 1.89. The van der Waals surface area contributed by atoms with Crippen molar-refractivity contribution in [3.63, 3.8) is 0 Å². The van der Waals surface area contributed by atoms with Crippen LogP contribution in [0.15, 0.2) is 0 Å². The standard InChI is InChI=1S/C9H16O4/c1-5-7(10)9(13-4)8(11)6(2)12-3/h6,9H,5H2,1-4H3. The first-order valence-electron chi connectivity index (χ1n) is 4.20. The number of ether oxygens (including phenoxy) is 2. The molecule has 0 bridgehead atoms. The molecule has 0 amide bonds. The molecule has 0 aromatic carbocycles. The third-order valence-corrected chi connectivity index (χ3v) is 1.89. The normalized spacial score (nSPS) is 15.1. The van der Waals surface area contributed by atoms with Crippen LogP contribution in [0, 0.1) is 0 Å². The number of carbonyl (C=O) groups is 2.